The molecule has 0 aromatic heterocycles. The fourth-order valence-electron chi connectivity index (χ4n) is 0.798. The molecule has 1 heterocycles. The Morgan fingerprint density at radius 1 is 1.73 bits per heavy atom. The monoisotopic (exact) mass is 154 g/mol. The lowest BCUT2D eigenvalue weighted by molar-refractivity contribution is -0.136. The molecule has 0 aromatic carbocycles. The van der Waals surface area contributed by atoms with E-state index in [1.807, 2.05) is 6.92 Å². The molecule has 0 radical (unpaired) electrons. The van der Waals surface area contributed by atoms with Crippen molar-refractivity contribution in [2.45, 2.75) is 25.9 Å². The molecular weight excluding hydrogens is 144 g/mol. The van der Waals surface area contributed by atoms with Gasteiger partial charge in [0.05, 0.1) is 6.04 Å². The zero-order valence-electron chi connectivity index (χ0n) is 6.48. The fourth-order valence-corrected chi connectivity index (χ4v) is 0.798. The minimum Gasteiger partial charge on any atom is -0.479 e. The summed E-state index contributed by atoms with van der Waals surface area (Å²) >= 11 is 0. The van der Waals surface area contributed by atoms with Gasteiger partial charge in [0.2, 0.25) is 0 Å². The molecule has 0 bridgehead atoms. The first-order chi connectivity index (χ1) is 5.11. The van der Waals surface area contributed by atoms with Crippen LogP contribution in [0, 0.1) is 0 Å². The lowest BCUT2D eigenvalue weighted by atomic mass is 10.2. The Morgan fingerprint density at radius 2 is 2.36 bits per heavy atom. The number of carboxylic acids is 1. The van der Waals surface area contributed by atoms with Gasteiger partial charge < -0.3 is 5.11 Å². The maximum atomic E-state index is 10.4. The first-order valence-electron chi connectivity index (χ1n) is 3.41. The van der Waals surface area contributed by atoms with Crippen LogP contribution in [0.2, 0.25) is 0 Å². The third-order valence-corrected chi connectivity index (χ3v) is 1.65. The van der Waals surface area contributed by atoms with Gasteiger partial charge in [-0.2, -0.15) is 0 Å². The molecule has 0 spiro atoms. The number of aliphatic imine (C=N–C) groups is 2. The van der Waals surface area contributed by atoms with Gasteiger partial charge in [0, 0.05) is 11.9 Å². The molecule has 1 N–H and O–H groups in total. The minimum absolute atomic E-state index is 0.0330. The lowest BCUT2D eigenvalue weighted by Gasteiger charge is -2.13. The maximum Gasteiger partial charge on any atom is 0.334 e. The van der Waals surface area contributed by atoms with Gasteiger partial charge in [-0.1, -0.05) is 0 Å². The van der Waals surface area contributed by atoms with Crippen molar-refractivity contribution in [1.82, 2.24) is 0 Å². The summed E-state index contributed by atoms with van der Waals surface area (Å²) in [4.78, 5) is 18.3. The van der Waals surface area contributed by atoms with Gasteiger partial charge in [0.15, 0.2) is 6.04 Å². The number of aliphatic carboxylic acids is 1. The van der Waals surface area contributed by atoms with Gasteiger partial charge in [-0.3, -0.25) is 9.98 Å². The van der Waals surface area contributed by atoms with Crippen LogP contribution in [0.25, 0.3) is 0 Å². The summed E-state index contributed by atoms with van der Waals surface area (Å²) in [5, 5.41) is 8.54. The van der Waals surface area contributed by atoms with Crippen molar-refractivity contribution < 1.29 is 9.90 Å². The third-order valence-electron chi connectivity index (χ3n) is 1.65. The van der Waals surface area contributed by atoms with Crippen LogP contribution in [-0.2, 0) is 4.79 Å². The molecule has 1 rings (SSSR count). The molecular formula is C7H10N2O2. The topological polar surface area (TPSA) is 62.0 Å². The molecule has 0 aromatic rings. The highest BCUT2D eigenvalue weighted by atomic mass is 16.4. The van der Waals surface area contributed by atoms with Gasteiger partial charge in [-0.05, 0) is 13.8 Å². The number of carbonyl (C=O) groups is 1. The van der Waals surface area contributed by atoms with Crippen molar-refractivity contribution in [3.63, 3.8) is 0 Å². The molecule has 11 heavy (non-hydrogen) atoms. The van der Waals surface area contributed by atoms with Crippen molar-refractivity contribution in [1.29, 1.82) is 0 Å². The van der Waals surface area contributed by atoms with Crippen molar-refractivity contribution >= 4 is 17.9 Å². The number of hydrogen-bond acceptors (Lipinski definition) is 3. The van der Waals surface area contributed by atoms with Crippen LogP contribution < -0.4 is 0 Å². The molecule has 4 nitrogen and oxygen atoms in total. The van der Waals surface area contributed by atoms with Gasteiger partial charge in [-0.25, -0.2) is 4.79 Å². The van der Waals surface area contributed by atoms with Gasteiger partial charge in [0.1, 0.15) is 0 Å². The van der Waals surface area contributed by atoms with Gasteiger partial charge >= 0.3 is 5.97 Å². The van der Waals surface area contributed by atoms with E-state index in [-0.39, 0.29) is 6.04 Å². The van der Waals surface area contributed by atoms with Crippen LogP contribution in [0.5, 0.6) is 0 Å². The van der Waals surface area contributed by atoms with E-state index in [2.05, 4.69) is 9.98 Å². The predicted octanol–water partition coefficient (Wildman–Crippen LogP) is 0.373. The second-order valence-electron chi connectivity index (χ2n) is 2.53. The summed E-state index contributed by atoms with van der Waals surface area (Å²) < 4.78 is 0. The first-order valence-corrected chi connectivity index (χ1v) is 3.41. The Bertz CT molecular complexity index is 233. The highest BCUT2D eigenvalue weighted by molar-refractivity contribution is 6.01. The van der Waals surface area contributed by atoms with E-state index in [0.29, 0.717) is 0 Å². The van der Waals surface area contributed by atoms with E-state index in [1.165, 1.54) is 6.21 Å². The van der Waals surface area contributed by atoms with Crippen molar-refractivity contribution in [2.75, 3.05) is 0 Å². The first kappa shape index (κ1) is 7.91. The average molecular weight is 154 g/mol. The van der Waals surface area contributed by atoms with E-state index in [0.717, 1.165) is 5.71 Å². The highest BCUT2D eigenvalue weighted by Crippen LogP contribution is 2.03. The van der Waals surface area contributed by atoms with Crippen LogP contribution in [0.15, 0.2) is 9.98 Å². The van der Waals surface area contributed by atoms with Crippen LogP contribution in [0.1, 0.15) is 13.8 Å². The second kappa shape index (κ2) is 2.82. The smallest absolute Gasteiger partial charge is 0.334 e. The predicted molar refractivity (Wildman–Crippen MR) is 42.5 cm³/mol. The van der Waals surface area contributed by atoms with E-state index in [4.69, 9.17) is 5.11 Å². The SMILES string of the molecule is CC1=N[C@@H](C(=O)O)C=N[C@H]1C. The number of nitrogens with zero attached hydrogens (tertiary/aromatic N) is 2. The maximum absolute atomic E-state index is 10.4. The molecule has 1 aliphatic heterocycles. The molecule has 0 fully saturated rings. The lowest BCUT2D eigenvalue weighted by Crippen LogP contribution is -2.28. The summed E-state index contributed by atoms with van der Waals surface area (Å²) in [6, 6.07) is -0.739. The summed E-state index contributed by atoms with van der Waals surface area (Å²) in [6.45, 7) is 3.67. The van der Waals surface area contributed by atoms with E-state index in [9.17, 15) is 4.79 Å². The summed E-state index contributed by atoms with van der Waals surface area (Å²) in [5.74, 6) is -0.944. The minimum atomic E-state index is -0.944. The average Bonchev–Trinajstić information content (AvgIpc) is 1.94. The molecule has 2 atom stereocenters. The number of rotatable bonds is 1. The quantitative estimate of drug-likeness (QED) is 0.593. The Hall–Kier alpha value is -1.19. The third kappa shape index (κ3) is 1.63. The Morgan fingerprint density at radius 3 is 2.82 bits per heavy atom. The van der Waals surface area contributed by atoms with E-state index >= 15 is 0 Å². The number of hydrogen-bond donors (Lipinski definition) is 1. The zero-order chi connectivity index (χ0) is 8.43. The standard InChI is InChI=1S/C7H10N2O2/c1-4-5(2)9-6(3-8-4)7(10)11/h3-4,6H,1-2H3,(H,10,11)/t4-,6+/m0/s1. The molecule has 0 unspecified atom stereocenters. The van der Waals surface area contributed by atoms with Gasteiger partial charge in [0.25, 0.3) is 0 Å². The van der Waals surface area contributed by atoms with Crippen LogP contribution in [0.4, 0.5) is 0 Å². The van der Waals surface area contributed by atoms with Crippen molar-refractivity contribution in [3.05, 3.63) is 0 Å². The van der Waals surface area contributed by atoms with Crippen LogP contribution in [-0.4, -0.2) is 35.1 Å². The fraction of sp³-hybridized carbons (Fsp3) is 0.571. The molecule has 1 aliphatic rings. The zero-order valence-corrected chi connectivity index (χ0v) is 6.48. The Kier molecular flexibility index (Phi) is 2.03. The molecule has 0 saturated carbocycles. The second-order valence-corrected chi connectivity index (χ2v) is 2.53. The summed E-state index contributed by atoms with van der Waals surface area (Å²) in [6.07, 6.45) is 1.38. The summed E-state index contributed by atoms with van der Waals surface area (Å²) in [5.41, 5.74) is 0.778. The molecule has 0 amide bonds. The largest absolute Gasteiger partial charge is 0.479 e. The summed E-state index contributed by atoms with van der Waals surface area (Å²) in [7, 11) is 0. The molecule has 0 aliphatic carbocycles. The Labute approximate surface area is 64.7 Å². The van der Waals surface area contributed by atoms with Crippen LogP contribution in [0.3, 0.4) is 0 Å². The van der Waals surface area contributed by atoms with E-state index < -0.39 is 12.0 Å². The van der Waals surface area contributed by atoms with Crippen molar-refractivity contribution in [3.8, 4) is 0 Å². The Balaban J connectivity index is 2.77. The molecule has 4 heteroatoms. The van der Waals surface area contributed by atoms with E-state index in [1.54, 1.807) is 6.92 Å². The molecule has 0 saturated heterocycles. The highest BCUT2D eigenvalue weighted by Gasteiger charge is 2.18. The number of carboxylic acid groups (broad SMARTS) is 1. The normalized spacial score (nSPS) is 29.8. The molecule has 60 valence electrons. The van der Waals surface area contributed by atoms with Crippen molar-refractivity contribution in [2.24, 2.45) is 9.98 Å². The van der Waals surface area contributed by atoms with Crippen LogP contribution >= 0.6 is 0 Å². The van der Waals surface area contributed by atoms with Gasteiger partial charge in [-0.15, -0.1) is 0 Å².